The van der Waals surface area contributed by atoms with Gasteiger partial charge in [0.25, 0.3) is 5.91 Å². The van der Waals surface area contributed by atoms with Crippen LogP contribution in [0.5, 0.6) is 5.75 Å². The normalized spacial score (nSPS) is 24.2. The van der Waals surface area contributed by atoms with Crippen molar-refractivity contribution in [1.29, 1.82) is 0 Å². The minimum absolute atomic E-state index is 0.0559. The summed E-state index contributed by atoms with van der Waals surface area (Å²) in [4.78, 5) is 12.7. The Hall–Kier alpha value is -1.59. The molecule has 0 unspecified atom stereocenters. The fraction of sp³-hybridized carbons (Fsp3) is 0.611. The summed E-state index contributed by atoms with van der Waals surface area (Å²) in [6.07, 6.45) is 3.73. The Morgan fingerprint density at radius 2 is 2.00 bits per heavy atom. The lowest BCUT2D eigenvalue weighted by atomic mass is 9.78. The molecule has 1 saturated carbocycles. The quantitative estimate of drug-likeness (QED) is 0.783. The summed E-state index contributed by atoms with van der Waals surface area (Å²) in [6, 6.07) is 7.37. The fourth-order valence-corrected chi connectivity index (χ4v) is 3.11. The van der Waals surface area contributed by atoms with Crippen LogP contribution >= 0.6 is 0 Å². The van der Waals surface area contributed by atoms with Gasteiger partial charge < -0.3 is 19.5 Å². The first-order chi connectivity index (χ1) is 11.1. The molecule has 0 spiro atoms. The van der Waals surface area contributed by atoms with Crippen LogP contribution in [0.15, 0.2) is 24.3 Å². The van der Waals surface area contributed by atoms with E-state index < -0.39 is 5.60 Å². The van der Waals surface area contributed by atoms with Gasteiger partial charge in [0.15, 0.2) is 0 Å². The molecule has 1 amide bonds. The molecule has 1 aliphatic carbocycles. The third-order valence-corrected chi connectivity index (χ3v) is 4.43. The monoisotopic (exact) mass is 321 g/mol. The number of anilines is 1. The zero-order valence-corrected chi connectivity index (χ0v) is 14.3. The second-order valence-electron chi connectivity index (χ2n) is 6.22. The van der Waals surface area contributed by atoms with Crippen molar-refractivity contribution >= 4 is 11.6 Å². The number of ether oxygens (including phenoxy) is 3. The predicted molar refractivity (Wildman–Crippen MR) is 89.8 cm³/mol. The summed E-state index contributed by atoms with van der Waals surface area (Å²) in [6.45, 7) is 3.23. The summed E-state index contributed by atoms with van der Waals surface area (Å²) in [5.74, 6) is 1.21. The van der Waals surface area contributed by atoms with E-state index in [4.69, 9.17) is 14.2 Å². The third kappa shape index (κ3) is 4.69. The Labute approximate surface area is 138 Å². The lowest BCUT2D eigenvalue weighted by Gasteiger charge is -2.37. The van der Waals surface area contributed by atoms with E-state index in [1.165, 1.54) is 0 Å². The molecule has 0 heterocycles. The zero-order valence-electron chi connectivity index (χ0n) is 14.3. The molecule has 0 saturated heterocycles. The maximum Gasteiger partial charge on any atom is 0.256 e. The minimum atomic E-state index is -0.703. The SMILES string of the molecule is COCCOc1ccc(NC(=O)[C@@]2(OC)CCC[C@@H](C)C2)cc1. The molecule has 0 radical (unpaired) electrons. The van der Waals surface area contributed by atoms with Gasteiger partial charge in [-0.3, -0.25) is 4.79 Å². The van der Waals surface area contributed by atoms with Gasteiger partial charge in [0.05, 0.1) is 6.61 Å². The van der Waals surface area contributed by atoms with Crippen LogP contribution < -0.4 is 10.1 Å². The highest BCUT2D eigenvalue weighted by Gasteiger charge is 2.41. The first kappa shape index (κ1) is 17.8. The van der Waals surface area contributed by atoms with Crippen LogP contribution in [0.25, 0.3) is 0 Å². The highest BCUT2D eigenvalue weighted by molar-refractivity contribution is 5.97. The van der Waals surface area contributed by atoms with Crippen molar-refractivity contribution in [2.75, 3.05) is 32.8 Å². The predicted octanol–water partition coefficient (Wildman–Crippen LogP) is 3.25. The maximum absolute atomic E-state index is 12.7. The highest BCUT2D eigenvalue weighted by Crippen LogP contribution is 2.35. The van der Waals surface area contributed by atoms with Crippen LogP contribution in [-0.4, -0.2) is 38.9 Å². The third-order valence-electron chi connectivity index (χ3n) is 4.43. The van der Waals surface area contributed by atoms with Gasteiger partial charge in [-0.15, -0.1) is 0 Å². The van der Waals surface area contributed by atoms with Crippen molar-refractivity contribution in [3.8, 4) is 5.75 Å². The van der Waals surface area contributed by atoms with Gasteiger partial charge >= 0.3 is 0 Å². The van der Waals surface area contributed by atoms with Crippen molar-refractivity contribution in [3.05, 3.63) is 24.3 Å². The van der Waals surface area contributed by atoms with Crippen molar-refractivity contribution in [1.82, 2.24) is 0 Å². The van der Waals surface area contributed by atoms with Gasteiger partial charge in [0, 0.05) is 19.9 Å². The Kier molecular flexibility index (Phi) is 6.42. The molecule has 1 aromatic rings. The van der Waals surface area contributed by atoms with Gasteiger partial charge in [-0.2, -0.15) is 0 Å². The highest BCUT2D eigenvalue weighted by atomic mass is 16.5. The van der Waals surface area contributed by atoms with Gasteiger partial charge in [-0.05, 0) is 49.4 Å². The average Bonchev–Trinajstić information content (AvgIpc) is 2.56. The van der Waals surface area contributed by atoms with Gasteiger partial charge in [-0.1, -0.05) is 13.3 Å². The number of nitrogens with one attached hydrogen (secondary N) is 1. The van der Waals surface area contributed by atoms with Crippen LogP contribution in [0.4, 0.5) is 5.69 Å². The molecule has 23 heavy (non-hydrogen) atoms. The topological polar surface area (TPSA) is 56.8 Å². The molecule has 0 aromatic heterocycles. The molecule has 5 nitrogen and oxygen atoms in total. The number of benzene rings is 1. The van der Waals surface area contributed by atoms with Crippen molar-refractivity contribution in [2.45, 2.75) is 38.2 Å². The summed E-state index contributed by atoms with van der Waals surface area (Å²) in [5, 5.41) is 2.97. The van der Waals surface area contributed by atoms with E-state index >= 15 is 0 Å². The lowest BCUT2D eigenvalue weighted by molar-refractivity contribution is -0.143. The molecular weight excluding hydrogens is 294 g/mol. The molecule has 1 fully saturated rings. The van der Waals surface area contributed by atoms with Crippen LogP contribution in [0, 0.1) is 5.92 Å². The molecule has 128 valence electrons. The van der Waals surface area contributed by atoms with Gasteiger partial charge in [0.2, 0.25) is 0 Å². The van der Waals surface area contributed by atoms with Crippen molar-refractivity contribution in [2.24, 2.45) is 5.92 Å². The number of rotatable bonds is 7. The maximum atomic E-state index is 12.7. The Bertz CT molecular complexity index is 502. The zero-order chi connectivity index (χ0) is 16.7. The standard InChI is InChI=1S/C18H27NO4/c1-14-5-4-10-18(13-14,22-3)17(20)19-15-6-8-16(9-7-15)23-12-11-21-2/h6-9,14H,4-5,10-13H2,1-3H3,(H,19,20)/t14-,18-/m1/s1. The second-order valence-corrected chi connectivity index (χ2v) is 6.22. The summed E-state index contributed by atoms with van der Waals surface area (Å²) >= 11 is 0. The molecule has 2 atom stereocenters. The summed E-state index contributed by atoms with van der Waals surface area (Å²) in [7, 11) is 3.27. The lowest BCUT2D eigenvalue weighted by Crippen LogP contribution is -2.47. The number of hydrogen-bond donors (Lipinski definition) is 1. The van der Waals surface area contributed by atoms with E-state index in [9.17, 15) is 4.79 Å². The Morgan fingerprint density at radius 3 is 2.61 bits per heavy atom. The first-order valence-corrected chi connectivity index (χ1v) is 8.18. The van der Waals surface area contributed by atoms with E-state index in [1.807, 2.05) is 24.3 Å². The molecule has 0 bridgehead atoms. The van der Waals surface area contributed by atoms with E-state index in [1.54, 1.807) is 14.2 Å². The van der Waals surface area contributed by atoms with Crippen molar-refractivity contribution < 1.29 is 19.0 Å². The number of carbonyl (C=O) groups excluding carboxylic acids is 1. The molecule has 2 rings (SSSR count). The second kappa shape index (κ2) is 8.31. The average molecular weight is 321 g/mol. The Morgan fingerprint density at radius 1 is 1.26 bits per heavy atom. The van der Waals surface area contributed by atoms with Gasteiger partial charge in [-0.25, -0.2) is 0 Å². The molecular formula is C18H27NO4. The smallest absolute Gasteiger partial charge is 0.256 e. The number of hydrogen-bond acceptors (Lipinski definition) is 4. The molecule has 0 aliphatic heterocycles. The fourth-order valence-electron chi connectivity index (χ4n) is 3.11. The van der Waals surface area contributed by atoms with Crippen LogP contribution in [0.2, 0.25) is 0 Å². The van der Waals surface area contributed by atoms with E-state index in [2.05, 4.69) is 12.2 Å². The molecule has 1 aromatic carbocycles. The van der Waals surface area contributed by atoms with E-state index in [0.717, 1.165) is 37.1 Å². The minimum Gasteiger partial charge on any atom is -0.491 e. The molecule has 1 aliphatic rings. The summed E-state index contributed by atoms with van der Waals surface area (Å²) < 4.78 is 16.1. The van der Waals surface area contributed by atoms with Crippen molar-refractivity contribution in [3.63, 3.8) is 0 Å². The Balaban J connectivity index is 1.96. The van der Waals surface area contributed by atoms with Crippen LogP contribution in [-0.2, 0) is 14.3 Å². The number of methoxy groups -OCH3 is 2. The van der Waals surface area contributed by atoms with E-state index in [-0.39, 0.29) is 5.91 Å². The first-order valence-electron chi connectivity index (χ1n) is 8.18. The van der Waals surface area contributed by atoms with E-state index in [0.29, 0.717) is 19.1 Å². The van der Waals surface area contributed by atoms with Crippen LogP contribution in [0.1, 0.15) is 32.6 Å². The van der Waals surface area contributed by atoms with Crippen LogP contribution in [0.3, 0.4) is 0 Å². The summed E-state index contributed by atoms with van der Waals surface area (Å²) in [5.41, 5.74) is 0.0504. The largest absolute Gasteiger partial charge is 0.491 e. The number of amides is 1. The van der Waals surface area contributed by atoms with Gasteiger partial charge in [0.1, 0.15) is 18.0 Å². The number of carbonyl (C=O) groups is 1. The molecule has 5 heteroatoms. The molecule has 1 N–H and O–H groups in total.